The Labute approximate surface area is 150 Å². The van der Waals surface area contributed by atoms with Crippen molar-refractivity contribution in [2.24, 2.45) is 5.92 Å². The molecular formula is C21H29N3O. The van der Waals surface area contributed by atoms with E-state index >= 15 is 0 Å². The molecule has 0 radical (unpaired) electrons. The minimum Gasteiger partial charge on any atom is -0.335 e. The summed E-state index contributed by atoms with van der Waals surface area (Å²) in [4.78, 5) is 16.7. The highest BCUT2D eigenvalue weighted by atomic mass is 16.2. The molecule has 1 aliphatic rings. The summed E-state index contributed by atoms with van der Waals surface area (Å²) in [6.45, 7) is 4.87. The molecule has 25 heavy (non-hydrogen) atoms. The Morgan fingerprint density at radius 3 is 2.76 bits per heavy atom. The molecule has 0 aliphatic carbocycles. The molecule has 134 valence electrons. The van der Waals surface area contributed by atoms with Gasteiger partial charge in [-0.15, -0.1) is 0 Å². The van der Waals surface area contributed by atoms with E-state index in [2.05, 4.69) is 73.7 Å². The van der Waals surface area contributed by atoms with Crippen LogP contribution < -0.4 is 5.32 Å². The van der Waals surface area contributed by atoms with E-state index < -0.39 is 0 Å². The molecule has 1 fully saturated rings. The molecule has 0 saturated carbocycles. The molecule has 0 bridgehead atoms. The third-order valence-electron chi connectivity index (χ3n) is 4.92. The molecule has 1 saturated heterocycles. The van der Waals surface area contributed by atoms with Gasteiger partial charge in [-0.2, -0.15) is 0 Å². The van der Waals surface area contributed by atoms with Gasteiger partial charge in [-0.05, 0) is 56.1 Å². The molecule has 2 aromatic rings. The number of likely N-dealkylation sites (tertiary alicyclic amines) is 1. The van der Waals surface area contributed by atoms with Gasteiger partial charge in [0.25, 0.3) is 0 Å². The highest BCUT2D eigenvalue weighted by Crippen LogP contribution is 2.18. The first-order valence-electron chi connectivity index (χ1n) is 9.19. The van der Waals surface area contributed by atoms with Gasteiger partial charge in [0.2, 0.25) is 0 Å². The predicted molar refractivity (Wildman–Crippen MR) is 104 cm³/mol. The van der Waals surface area contributed by atoms with Crippen molar-refractivity contribution in [3.05, 3.63) is 48.0 Å². The first kappa shape index (κ1) is 17.7. The molecule has 3 rings (SSSR count). The lowest BCUT2D eigenvalue weighted by molar-refractivity contribution is 0.202. The molecule has 1 aliphatic heterocycles. The highest BCUT2D eigenvalue weighted by molar-refractivity contribution is 5.83. The van der Waals surface area contributed by atoms with Crippen LogP contribution in [0.25, 0.3) is 10.8 Å². The Bertz CT molecular complexity index is 728. The number of nitrogens with one attached hydrogen (secondary N) is 1. The van der Waals surface area contributed by atoms with Gasteiger partial charge in [-0.3, -0.25) is 0 Å². The standard InChI is InChI=1S/C21H29N3O/c1-16(12-17-8-9-19-6-4-5-7-20(19)13-17)22-21(25)24-11-10-18(15-24)14-23(2)3/h4-9,13,16,18H,10-12,14-15H2,1-3H3,(H,22,25). The Morgan fingerprint density at radius 2 is 2.00 bits per heavy atom. The fourth-order valence-electron chi connectivity index (χ4n) is 3.75. The summed E-state index contributed by atoms with van der Waals surface area (Å²) in [7, 11) is 4.18. The molecule has 4 heteroatoms. The zero-order valence-corrected chi connectivity index (χ0v) is 15.5. The zero-order valence-electron chi connectivity index (χ0n) is 15.5. The van der Waals surface area contributed by atoms with Crippen molar-refractivity contribution in [1.29, 1.82) is 0 Å². The van der Waals surface area contributed by atoms with Crippen molar-refractivity contribution in [2.75, 3.05) is 33.7 Å². The minimum atomic E-state index is 0.0783. The fourth-order valence-corrected chi connectivity index (χ4v) is 3.75. The number of hydrogen-bond acceptors (Lipinski definition) is 2. The van der Waals surface area contributed by atoms with Crippen LogP contribution >= 0.6 is 0 Å². The number of benzene rings is 2. The number of fused-ring (bicyclic) bond motifs is 1. The molecule has 2 unspecified atom stereocenters. The van der Waals surface area contributed by atoms with Gasteiger partial charge >= 0.3 is 6.03 Å². The second kappa shape index (κ2) is 7.87. The lowest BCUT2D eigenvalue weighted by Crippen LogP contribution is -2.43. The van der Waals surface area contributed by atoms with E-state index in [0.717, 1.165) is 32.5 Å². The summed E-state index contributed by atoms with van der Waals surface area (Å²) in [6.07, 6.45) is 1.95. The molecular weight excluding hydrogens is 310 g/mol. The number of urea groups is 1. The maximum Gasteiger partial charge on any atom is 0.317 e. The average Bonchev–Trinajstić information content (AvgIpc) is 3.02. The van der Waals surface area contributed by atoms with E-state index in [-0.39, 0.29) is 12.1 Å². The lowest BCUT2D eigenvalue weighted by atomic mass is 10.0. The summed E-state index contributed by atoms with van der Waals surface area (Å²) < 4.78 is 0. The van der Waals surface area contributed by atoms with E-state index in [9.17, 15) is 4.79 Å². The van der Waals surface area contributed by atoms with Crippen LogP contribution in [0.3, 0.4) is 0 Å². The SMILES string of the molecule is CC(Cc1ccc2ccccc2c1)NC(=O)N1CCC(CN(C)C)C1. The van der Waals surface area contributed by atoms with Crippen LogP contribution in [0, 0.1) is 5.92 Å². The summed E-state index contributed by atoms with van der Waals surface area (Å²) in [5, 5.41) is 5.68. The lowest BCUT2D eigenvalue weighted by Gasteiger charge is -2.22. The number of nitrogens with zero attached hydrogens (tertiary/aromatic N) is 2. The Kier molecular flexibility index (Phi) is 5.59. The van der Waals surface area contributed by atoms with Crippen LogP contribution in [0.15, 0.2) is 42.5 Å². The molecule has 1 heterocycles. The quantitative estimate of drug-likeness (QED) is 0.906. The summed E-state index contributed by atoms with van der Waals surface area (Å²) in [5.41, 5.74) is 1.26. The van der Waals surface area contributed by atoms with Gasteiger partial charge in [0.15, 0.2) is 0 Å². The van der Waals surface area contributed by atoms with Gasteiger partial charge in [0.1, 0.15) is 0 Å². The molecule has 2 atom stereocenters. The third-order valence-corrected chi connectivity index (χ3v) is 4.92. The van der Waals surface area contributed by atoms with Crippen LogP contribution in [0.2, 0.25) is 0 Å². The van der Waals surface area contributed by atoms with E-state index in [1.807, 2.05) is 4.90 Å². The highest BCUT2D eigenvalue weighted by Gasteiger charge is 2.27. The van der Waals surface area contributed by atoms with Crippen molar-refractivity contribution in [1.82, 2.24) is 15.1 Å². The zero-order chi connectivity index (χ0) is 17.8. The largest absolute Gasteiger partial charge is 0.335 e. The number of carbonyl (C=O) groups excluding carboxylic acids is 1. The first-order valence-corrected chi connectivity index (χ1v) is 9.19. The molecule has 2 amide bonds. The third kappa shape index (κ3) is 4.73. The first-order chi connectivity index (χ1) is 12.0. The van der Waals surface area contributed by atoms with Gasteiger partial charge in [0.05, 0.1) is 0 Å². The molecule has 4 nitrogen and oxygen atoms in total. The summed E-state index contributed by atoms with van der Waals surface area (Å²) in [5.74, 6) is 0.594. The van der Waals surface area contributed by atoms with Crippen molar-refractivity contribution in [3.63, 3.8) is 0 Å². The van der Waals surface area contributed by atoms with E-state index in [1.165, 1.54) is 16.3 Å². The predicted octanol–water partition coefficient (Wildman–Crippen LogP) is 3.36. The summed E-state index contributed by atoms with van der Waals surface area (Å²) >= 11 is 0. The second-order valence-electron chi connectivity index (χ2n) is 7.60. The normalized spacial score (nSPS) is 18.7. The van der Waals surface area contributed by atoms with Crippen molar-refractivity contribution >= 4 is 16.8 Å². The second-order valence-corrected chi connectivity index (χ2v) is 7.60. The molecule has 2 aromatic carbocycles. The smallest absolute Gasteiger partial charge is 0.317 e. The number of carbonyl (C=O) groups is 1. The number of rotatable bonds is 5. The Balaban J connectivity index is 1.53. The van der Waals surface area contributed by atoms with Gasteiger partial charge < -0.3 is 15.1 Å². The van der Waals surface area contributed by atoms with Crippen LogP contribution in [-0.4, -0.2) is 55.6 Å². The number of amides is 2. The van der Waals surface area contributed by atoms with Crippen LogP contribution in [0.1, 0.15) is 18.9 Å². The molecule has 1 N–H and O–H groups in total. The van der Waals surface area contributed by atoms with Crippen LogP contribution in [0.5, 0.6) is 0 Å². The maximum absolute atomic E-state index is 12.5. The fraction of sp³-hybridized carbons (Fsp3) is 0.476. The monoisotopic (exact) mass is 339 g/mol. The minimum absolute atomic E-state index is 0.0783. The van der Waals surface area contributed by atoms with E-state index in [1.54, 1.807) is 0 Å². The van der Waals surface area contributed by atoms with Crippen molar-refractivity contribution in [2.45, 2.75) is 25.8 Å². The number of hydrogen-bond donors (Lipinski definition) is 1. The van der Waals surface area contributed by atoms with Crippen LogP contribution in [-0.2, 0) is 6.42 Å². The van der Waals surface area contributed by atoms with E-state index in [0.29, 0.717) is 5.92 Å². The van der Waals surface area contributed by atoms with Gasteiger partial charge in [0, 0.05) is 25.7 Å². The Morgan fingerprint density at radius 1 is 1.24 bits per heavy atom. The van der Waals surface area contributed by atoms with Crippen molar-refractivity contribution < 1.29 is 4.79 Å². The maximum atomic E-state index is 12.5. The van der Waals surface area contributed by atoms with E-state index in [4.69, 9.17) is 0 Å². The van der Waals surface area contributed by atoms with Crippen LogP contribution in [0.4, 0.5) is 4.79 Å². The van der Waals surface area contributed by atoms with Gasteiger partial charge in [-0.1, -0.05) is 42.5 Å². The summed E-state index contributed by atoms with van der Waals surface area (Å²) in [6, 6.07) is 15.1. The Hall–Kier alpha value is -2.07. The van der Waals surface area contributed by atoms with Gasteiger partial charge in [-0.25, -0.2) is 4.79 Å². The topological polar surface area (TPSA) is 35.6 Å². The molecule has 0 spiro atoms. The average molecular weight is 339 g/mol. The molecule has 0 aromatic heterocycles. The van der Waals surface area contributed by atoms with Crippen molar-refractivity contribution in [3.8, 4) is 0 Å².